The fourth-order valence-electron chi connectivity index (χ4n) is 3.16. The van der Waals surface area contributed by atoms with E-state index in [1.165, 1.54) is 35.3 Å². The van der Waals surface area contributed by atoms with Crippen LogP contribution < -0.4 is 5.32 Å². The highest BCUT2D eigenvalue weighted by Crippen LogP contribution is 2.37. The van der Waals surface area contributed by atoms with Crippen molar-refractivity contribution < 1.29 is 42.2 Å². The molecule has 0 bridgehead atoms. The number of halogens is 4. The molecule has 0 aliphatic carbocycles. The van der Waals surface area contributed by atoms with E-state index in [0.717, 1.165) is 23.9 Å². The second-order valence-corrected chi connectivity index (χ2v) is 10.3. The summed E-state index contributed by atoms with van der Waals surface area (Å²) in [6.07, 6.45) is -5.28. The number of aliphatic hydroxyl groups excluding tert-OH is 1. The van der Waals surface area contributed by atoms with Crippen LogP contribution in [0.4, 0.5) is 17.6 Å². The van der Waals surface area contributed by atoms with Crippen LogP contribution in [0.5, 0.6) is 0 Å². The van der Waals surface area contributed by atoms with E-state index in [2.05, 4.69) is 5.32 Å². The van der Waals surface area contributed by atoms with Gasteiger partial charge in [0.25, 0.3) is 5.91 Å². The SMILES string of the molecule is C[C@@H](NC(=O)CCN1C(=O)/C(=C/c2cc(-c3ccc(F)c(C(F)(F)F)c3)cs2)SC1=S)[C@@H](O)C(=O)O. The zero-order valence-electron chi connectivity index (χ0n) is 18.3. The fourth-order valence-corrected chi connectivity index (χ4v) is 5.38. The van der Waals surface area contributed by atoms with Gasteiger partial charge < -0.3 is 15.5 Å². The first-order chi connectivity index (χ1) is 16.8. The van der Waals surface area contributed by atoms with Gasteiger partial charge in [-0.15, -0.1) is 11.3 Å². The maximum atomic E-state index is 13.6. The van der Waals surface area contributed by atoms with Gasteiger partial charge >= 0.3 is 12.1 Å². The number of benzene rings is 1. The van der Waals surface area contributed by atoms with E-state index in [9.17, 15) is 37.1 Å². The Morgan fingerprint density at radius 1 is 1.25 bits per heavy atom. The van der Waals surface area contributed by atoms with Crippen molar-refractivity contribution in [1.82, 2.24) is 10.2 Å². The zero-order chi connectivity index (χ0) is 26.8. The molecule has 1 saturated heterocycles. The molecule has 0 spiro atoms. The molecular formula is C22H18F4N2O5S3. The Labute approximate surface area is 215 Å². The van der Waals surface area contributed by atoms with E-state index in [0.29, 0.717) is 10.4 Å². The molecule has 0 unspecified atom stereocenters. The predicted octanol–water partition coefficient (Wildman–Crippen LogP) is 4.11. The number of carboxylic acid groups (broad SMARTS) is 1. The topological polar surface area (TPSA) is 107 Å². The van der Waals surface area contributed by atoms with Gasteiger partial charge in [-0.1, -0.05) is 30.0 Å². The number of carbonyl (C=O) groups excluding carboxylic acids is 2. The summed E-state index contributed by atoms with van der Waals surface area (Å²) in [6.45, 7) is 1.25. The molecule has 0 saturated carbocycles. The predicted molar refractivity (Wildman–Crippen MR) is 130 cm³/mol. The van der Waals surface area contributed by atoms with Gasteiger partial charge in [0.2, 0.25) is 5.91 Å². The Bertz CT molecular complexity index is 1240. The zero-order valence-corrected chi connectivity index (χ0v) is 20.8. The lowest BCUT2D eigenvalue weighted by Gasteiger charge is -2.18. The van der Waals surface area contributed by atoms with Gasteiger partial charge in [0, 0.05) is 17.8 Å². The van der Waals surface area contributed by atoms with Crippen molar-refractivity contribution in [3.8, 4) is 11.1 Å². The average molecular weight is 563 g/mol. The molecule has 2 heterocycles. The number of aliphatic carboxylic acids is 1. The Balaban J connectivity index is 1.67. The standard InChI is InChI=1S/C22H18F4N2O5S3/c1-10(18(30)20(32)33)27-17(29)4-5-28-19(31)16(36-21(28)34)8-13-6-12(9-35-13)11-2-3-15(23)14(7-11)22(24,25)26/h2-3,6-10,18,30H,4-5H2,1H3,(H,27,29)(H,32,33)/b16-8-/t10-,18-/m1/s1. The first kappa shape index (κ1) is 27.8. The van der Waals surface area contributed by atoms with Crippen molar-refractivity contribution in [2.24, 2.45) is 0 Å². The molecule has 3 N–H and O–H groups in total. The second kappa shape index (κ2) is 11.1. The summed E-state index contributed by atoms with van der Waals surface area (Å²) >= 11 is 7.37. The van der Waals surface area contributed by atoms with Gasteiger partial charge in [0.15, 0.2) is 6.10 Å². The highest BCUT2D eigenvalue weighted by Gasteiger charge is 2.35. The summed E-state index contributed by atoms with van der Waals surface area (Å²) in [5.41, 5.74) is -0.786. The molecule has 0 radical (unpaired) electrons. The van der Waals surface area contributed by atoms with Crippen LogP contribution in [0.1, 0.15) is 23.8 Å². The largest absolute Gasteiger partial charge is 0.479 e. The molecule has 1 aliphatic heterocycles. The number of rotatable bonds is 8. The Morgan fingerprint density at radius 3 is 2.58 bits per heavy atom. The third kappa shape index (κ3) is 6.49. The van der Waals surface area contributed by atoms with Crippen LogP contribution in [0.3, 0.4) is 0 Å². The van der Waals surface area contributed by atoms with Gasteiger partial charge in [-0.2, -0.15) is 13.2 Å². The van der Waals surface area contributed by atoms with Crippen molar-refractivity contribution >= 4 is 63.5 Å². The number of amides is 2. The number of aliphatic hydroxyl groups is 1. The number of thioether (sulfide) groups is 1. The van der Waals surface area contributed by atoms with Crippen LogP contribution in [-0.2, 0) is 20.6 Å². The molecule has 1 aromatic heterocycles. The van der Waals surface area contributed by atoms with Gasteiger partial charge in [0.1, 0.15) is 10.1 Å². The lowest BCUT2D eigenvalue weighted by molar-refractivity contribution is -0.148. The van der Waals surface area contributed by atoms with Crippen molar-refractivity contribution in [1.29, 1.82) is 0 Å². The van der Waals surface area contributed by atoms with Crippen LogP contribution in [0.2, 0.25) is 0 Å². The molecule has 2 amide bonds. The number of carboxylic acids is 1. The van der Waals surface area contributed by atoms with Crippen molar-refractivity contribution in [3.63, 3.8) is 0 Å². The Kier molecular flexibility index (Phi) is 8.54. The number of hydrogen-bond acceptors (Lipinski definition) is 7. The molecule has 192 valence electrons. The van der Waals surface area contributed by atoms with Gasteiger partial charge in [-0.3, -0.25) is 14.5 Å². The summed E-state index contributed by atoms with van der Waals surface area (Å²) in [7, 11) is 0. The first-order valence-corrected chi connectivity index (χ1v) is 12.3. The number of nitrogens with one attached hydrogen (secondary N) is 1. The van der Waals surface area contributed by atoms with E-state index < -0.39 is 47.5 Å². The fraction of sp³-hybridized carbons (Fsp3) is 0.273. The number of alkyl halides is 3. The molecule has 1 aromatic carbocycles. The molecule has 7 nitrogen and oxygen atoms in total. The van der Waals surface area contributed by atoms with E-state index >= 15 is 0 Å². The Morgan fingerprint density at radius 2 is 1.94 bits per heavy atom. The number of hydrogen-bond donors (Lipinski definition) is 3. The minimum atomic E-state index is -4.84. The number of carbonyl (C=O) groups is 3. The smallest absolute Gasteiger partial charge is 0.419 e. The maximum Gasteiger partial charge on any atom is 0.419 e. The minimum Gasteiger partial charge on any atom is -0.479 e. The van der Waals surface area contributed by atoms with Crippen LogP contribution in [0.25, 0.3) is 17.2 Å². The second-order valence-electron chi connectivity index (χ2n) is 7.65. The normalized spacial score (nSPS) is 16.9. The maximum absolute atomic E-state index is 13.6. The molecule has 36 heavy (non-hydrogen) atoms. The van der Waals surface area contributed by atoms with Crippen LogP contribution in [-0.4, -0.2) is 55.9 Å². The molecule has 1 fully saturated rings. The lowest BCUT2D eigenvalue weighted by Crippen LogP contribution is -2.45. The molecule has 3 rings (SSSR count). The summed E-state index contributed by atoms with van der Waals surface area (Å²) in [5, 5.41) is 22.1. The van der Waals surface area contributed by atoms with Gasteiger partial charge in [0.05, 0.1) is 16.5 Å². The molecule has 14 heteroatoms. The highest BCUT2D eigenvalue weighted by atomic mass is 32.2. The monoisotopic (exact) mass is 562 g/mol. The van der Waals surface area contributed by atoms with E-state index in [-0.39, 0.29) is 27.8 Å². The molecule has 2 aromatic rings. The van der Waals surface area contributed by atoms with Crippen LogP contribution >= 0.6 is 35.3 Å². The van der Waals surface area contributed by atoms with Crippen LogP contribution in [0, 0.1) is 5.82 Å². The van der Waals surface area contributed by atoms with Gasteiger partial charge in [-0.05, 0) is 47.7 Å². The first-order valence-electron chi connectivity index (χ1n) is 10.2. The van der Waals surface area contributed by atoms with Crippen molar-refractivity contribution in [2.45, 2.75) is 31.7 Å². The summed E-state index contributed by atoms with van der Waals surface area (Å²) in [5.74, 6) is -3.90. The summed E-state index contributed by atoms with van der Waals surface area (Å²) in [6, 6.07) is 3.23. The third-order valence-electron chi connectivity index (χ3n) is 5.05. The van der Waals surface area contributed by atoms with E-state index in [1.54, 1.807) is 11.4 Å². The molecular weight excluding hydrogens is 544 g/mol. The van der Waals surface area contributed by atoms with Crippen LogP contribution in [0.15, 0.2) is 34.6 Å². The number of thiocarbonyl (C=S) groups is 1. The summed E-state index contributed by atoms with van der Waals surface area (Å²) < 4.78 is 52.8. The lowest BCUT2D eigenvalue weighted by atomic mass is 10.0. The Hall–Kier alpha value is -2.81. The average Bonchev–Trinajstić information content (AvgIpc) is 3.35. The molecule has 2 atom stereocenters. The molecule has 1 aliphatic rings. The minimum absolute atomic E-state index is 0.0742. The third-order valence-corrected chi connectivity index (χ3v) is 7.31. The van der Waals surface area contributed by atoms with Gasteiger partial charge in [-0.25, -0.2) is 9.18 Å². The van der Waals surface area contributed by atoms with Crippen molar-refractivity contribution in [3.05, 3.63) is 50.8 Å². The van der Waals surface area contributed by atoms with E-state index in [1.807, 2.05) is 0 Å². The quantitative estimate of drug-likeness (QED) is 0.253. The number of nitrogens with zero attached hydrogens (tertiary/aromatic N) is 1. The highest BCUT2D eigenvalue weighted by molar-refractivity contribution is 8.26. The van der Waals surface area contributed by atoms with E-state index in [4.69, 9.17) is 17.3 Å². The number of thiophene rings is 1. The summed E-state index contributed by atoms with van der Waals surface area (Å²) in [4.78, 5) is 37.6. The van der Waals surface area contributed by atoms with Crippen molar-refractivity contribution in [2.75, 3.05) is 6.54 Å².